The van der Waals surface area contributed by atoms with Gasteiger partial charge in [-0.05, 0) is 100 Å². The summed E-state index contributed by atoms with van der Waals surface area (Å²) in [5.41, 5.74) is 6.67. The summed E-state index contributed by atoms with van der Waals surface area (Å²) >= 11 is 0. The van der Waals surface area contributed by atoms with Crippen LogP contribution in [-0.4, -0.2) is 46.0 Å². The standard InChI is InChI=1S/2C17H16O3.C8H6O4/c2*1-11-9-12(2)15(13(3)10-11)17(19)20-16(18)14-7-5-4-6-8-14;9-7(10)5-3-1-2-4-6(5)8(11)12/h2*4-10H,1-3H3;1-4H,(H,9,10)(H,11,12). The van der Waals surface area contributed by atoms with E-state index in [0.29, 0.717) is 22.3 Å². The predicted molar refractivity (Wildman–Crippen MR) is 194 cm³/mol. The van der Waals surface area contributed by atoms with Crippen molar-refractivity contribution in [1.82, 2.24) is 0 Å². The van der Waals surface area contributed by atoms with Crippen molar-refractivity contribution < 1.29 is 48.5 Å². The number of hydrogen-bond donors (Lipinski definition) is 2. The lowest BCUT2D eigenvalue weighted by molar-refractivity contribution is 0.0378. The Balaban J connectivity index is 0.000000218. The molecule has 0 amide bonds. The molecule has 0 atom stereocenters. The molecule has 0 aliphatic carbocycles. The van der Waals surface area contributed by atoms with Crippen molar-refractivity contribution in [3.05, 3.63) is 176 Å². The molecule has 0 radical (unpaired) electrons. The third-order valence-electron chi connectivity index (χ3n) is 7.54. The number of carboxylic acids is 2. The molecule has 0 aliphatic heterocycles. The number of carboxylic acid groups (broad SMARTS) is 2. The first kappa shape index (κ1) is 39.8. The fourth-order valence-corrected chi connectivity index (χ4v) is 5.40. The van der Waals surface area contributed by atoms with Crippen LogP contribution in [-0.2, 0) is 9.47 Å². The Bertz CT molecular complexity index is 1920. The monoisotopic (exact) mass is 702 g/mol. The van der Waals surface area contributed by atoms with Crippen LogP contribution in [0.2, 0.25) is 0 Å². The minimum atomic E-state index is -1.23. The van der Waals surface area contributed by atoms with Gasteiger partial charge in [-0.3, -0.25) is 0 Å². The van der Waals surface area contributed by atoms with Crippen LogP contribution in [0.15, 0.2) is 109 Å². The van der Waals surface area contributed by atoms with Gasteiger partial charge in [-0.25, -0.2) is 28.8 Å². The van der Waals surface area contributed by atoms with Crippen molar-refractivity contribution in [3.8, 4) is 0 Å². The van der Waals surface area contributed by atoms with Crippen molar-refractivity contribution in [1.29, 1.82) is 0 Å². The molecule has 10 nitrogen and oxygen atoms in total. The number of carbonyl (C=O) groups is 6. The van der Waals surface area contributed by atoms with E-state index >= 15 is 0 Å². The van der Waals surface area contributed by atoms with Gasteiger partial charge in [0.2, 0.25) is 0 Å². The zero-order chi connectivity index (χ0) is 38.5. The Morgan fingerprint density at radius 3 is 0.942 bits per heavy atom. The highest BCUT2D eigenvalue weighted by Gasteiger charge is 2.20. The van der Waals surface area contributed by atoms with E-state index in [2.05, 4.69) is 0 Å². The minimum Gasteiger partial charge on any atom is -0.478 e. The first-order valence-electron chi connectivity index (χ1n) is 15.9. The molecule has 0 unspecified atom stereocenters. The molecule has 5 aromatic carbocycles. The first-order chi connectivity index (χ1) is 24.6. The maximum absolute atomic E-state index is 12.1. The molecular weight excluding hydrogens is 664 g/mol. The highest BCUT2D eigenvalue weighted by Crippen LogP contribution is 2.19. The Morgan fingerprint density at radius 2 is 0.673 bits per heavy atom. The largest absolute Gasteiger partial charge is 0.478 e. The summed E-state index contributed by atoms with van der Waals surface area (Å²) in [5, 5.41) is 17.1. The van der Waals surface area contributed by atoms with Gasteiger partial charge in [0, 0.05) is 0 Å². The Kier molecular flexibility index (Phi) is 14.0. The first-order valence-corrected chi connectivity index (χ1v) is 15.9. The van der Waals surface area contributed by atoms with Crippen molar-refractivity contribution in [2.75, 3.05) is 0 Å². The average Bonchev–Trinajstić information content (AvgIpc) is 3.08. The number of esters is 4. The molecule has 266 valence electrons. The van der Waals surface area contributed by atoms with Crippen molar-refractivity contribution in [3.63, 3.8) is 0 Å². The predicted octanol–water partition coefficient (Wildman–Crippen LogP) is 8.30. The van der Waals surface area contributed by atoms with Gasteiger partial charge in [0.25, 0.3) is 0 Å². The molecule has 52 heavy (non-hydrogen) atoms. The van der Waals surface area contributed by atoms with Crippen LogP contribution in [0, 0.1) is 41.5 Å². The Hall–Kier alpha value is -6.68. The van der Waals surface area contributed by atoms with E-state index in [4.69, 9.17) is 19.7 Å². The summed E-state index contributed by atoms with van der Waals surface area (Å²) in [7, 11) is 0. The maximum atomic E-state index is 12.1. The average molecular weight is 703 g/mol. The SMILES string of the molecule is Cc1cc(C)c(C(=O)OC(=O)c2ccccc2)c(C)c1.Cc1cc(C)c(C(=O)OC(=O)c2ccccc2)c(C)c1.O=C(O)c1ccccc1C(=O)O. The number of hydrogen-bond acceptors (Lipinski definition) is 8. The lowest BCUT2D eigenvalue weighted by atomic mass is 10.00. The smallest absolute Gasteiger partial charge is 0.346 e. The van der Waals surface area contributed by atoms with Gasteiger partial charge in [-0.1, -0.05) is 83.9 Å². The molecule has 5 aromatic rings. The Morgan fingerprint density at radius 1 is 0.404 bits per heavy atom. The van der Waals surface area contributed by atoms with Crippen LogP contribution in [0.4, 0.5) is 0 Å². The van der Waals surface area contributed by atoms with Gasteiger partial charge in [-0.15, -0.1) is 0 Å². The van der Waals surface area contributed by atoms with Crippen LogP contribution in [0.1, 0.15) is 95.5 Å². The molecule has 0 spiro atoms. The minimum absolute atomic E-state index is 0.190. The number of benzene rings is 5. The van der Waals surface area contributed by atoms with Gasteiger partial charge in [0.05, 0.1) is 33.4 Å². The topological polar surface area (TPSA) is 161 Å². The lowest BCUT2D eigenvalue weighted by Crippen LogP contribution is -2.15. The second-order valence-electron chi connectivity index (χ2n) is 11.8. The van der Waals surface area contributed by atoms with Crippen molar-refractivity contribution >= 4 is 35.8 Å². The second kappa shape index (κ2) is 18.4. The number of carbonyl (C=O) groups excluding carboxylic acids is 4. The summed E-state index contributed by atoms with van der Waals surface area (Å²) in [6.07, 6.45) is 0. The van der Waals surface area contributed by atoms with Gasteiger partial charge in [-0.2, -0.15) is 0 Å². The van der Waals surface area contributed by atoms with Crippen molar-refractivity contribution in [2.45, 2.75) is 41.5 Å². The Labute approximate surface area is 301 Å². The van der Waals surface area contributed by atoms with E-state index < -0.39 is 35.8 Å². The number of rotatable bonds is 6. The summed E-state index contributed by atoms with van der Waals surface area (Å²) in [6, 6.07) is 30.0. The van der Waals surface area contributed by atoms with Gasteiger partial charge in [0.15, 0.2) is 0 Å². The van der Waals surface area contributed by atoms with E-state index in [1.165, 1.54) is 24.3 Å². The summed E-state index contributed by atoms with van der Waals surface area (Å²) in [6.45, 7) is 11.3. The molecule has 0 aromatic heterocycles. The van der Waals surface area contributed by atoms with E-state index in [0.717, 1.165) is 33.4 Å². The van der Waals surface area contributed by atoms with Gasteiger partial charge >= 0.3 is 35.8 Å². The van der Waals surface area contributed by atoms with Crippen LogP contribution < -0.4 is 0 Å². The molecule has 5 rings (SSSR count). The molecule has 10 heteroatoms. The number of aromatic carboxylic acids is 2. The fraction of sp³-hybridized carbons (Fsp3) is 0.143. The fourth-order valence-electron chi connectivity index (χ4n) is 5.40. The summed E-state index contributed by atoms with van der Waals surface area (Å²) < 4.78 is 9.89. The molecule has 0 aliphatic rings. The van der Waals surface area contributed by atoms with Crippen LogP contribution in [0.5, 0.6) is 0 Å². The zero-order valence-electron chi connectivity index (χ0n) is 29.6. The zero-order valence-corrected chi connectivity index (χ0v) is 29.6. The quantitative estimate of drug-likeness (QED) is 0.130. The summed E-state index contributed by atoms with van der Waals surface area (Å²) in [4.78, 5) is 69.0. The molecule has 0 heterocycles. The highest BCUT2D eigenvalue weighted by molar-refractivity contribution is 6.05. The normalized spacial score (nSPS) is 9.96. The molecule has 0 saturated carbocycles. The van der Waals surface area contributed by atoms with E-state index in [9.17, 15) is 28.8 Å². The van der Waals surface area contributed by atoms with Crippen LogP contribution >= 0.6 is 0 Å². The number of ether oxygens (including phenoxy) is 2. The van der Waals surface area contributed by atoms with Gasteiger partial charge < -0.3 is 19.7 Å². The van der Waals surface area contributed by atoms with E-state index in [1.54, 1.807) is 60.7 Å². The maximum Gasteiger partial charge on any atom is 0.346 e. The molecule has 2 N–H and O–H groups in total. The van der Waals surface area contributed by atoms with Crippen molar-refractivity contribution in [2.24, 2.45) is 0 Å². The third kappa shape index (κ3) is 10.9. The molecule has 0 fully saturated rings. The van der Waals surface area contributed by atoms with Crippen LogP contribution in [0.25, 0.3) is 0 Å². The number of aryl methyl sites for hydroxylation is 6. The highest BCUT2D eigenvalue weighted by atomic mass is 16.6. The lowest BCUT2D eigenvalue weighted by Gasteiger charge is -2.10. The van der Waals surface area contributed by atoms with Gasteiger partial charge in [0.1, 0.15) is 0 Å². The summed E-state index contributed by atoms with van der Waals surface area (Å²) in [5.74, 6) is -4.92. The van der Waals surface area contributed by atoms with E-state index in [-0.39, 0.29) is 11.1 Å². The van der Waals surface area contributed by atoms with Crippen LogP contribution in [0.3, 0.4) is 0 Å². The molecular formula is C42H38O10. The second-order valence-corrected chi connectivity index (χ2v) is 11.8. The molecule has 0 bridgehead atoms. The molecule has 0 saturated heterocycles. The van der Waals surface area contributed by atoms with E-state index in [1.807, 2.05) is 65.8 Å². The third-order valence-corrected chi connectivity index (χ3v) is 7.54.